The van der Waals surface area contributed by atoms with Gasteiger partial charge >= 0.3 is 0 Å². The van der Waals surface area contributed by atoms with Crippen LogP contribution in [0.1, 0.15) is 27.5 Å². The summed E-state index contributed by atoms with van der Waals surface area (Å²) in [5.41, 5.74) is 8.78. The molecule has 0 spiro atoms. The van der Waals surface area contributed by atoms with Crippen molar-refractivity contribution in [2.24, 2.45) is 17.6 Å². The van der Waals surface area contributed by atoms with Crippen molar-refractivity contribution < 1.29 is 4.79 Å². The van der Waals surface area contributed by atoms with Gasteiger partial charge in [0.2, 0.25) is 0 Å². The first kappa shape index (κ1) is 14.8. The molecule has 1 aliphatic heterocycles. The largest absolute Gasteiger partial charge is 0.332 e. The van der Waals surface area contributed by atoms with E-state index in [0.29, 0.717) is 24.1 Å². The van der Waals surface area contributed by atoms with Gasteiger partial charge in [-0.15, -0.1) is 11.3 Å². The average molecular weight is 327 g/mol. The summed E-state index contributed by atoms with van der Waals surface area (Å²) >= 11 is 1.59. The number of hydrogen-bond donors (Lipinski definition) is 1. The third-order valence-corrected chi connectivity index (χ3v) is 6.04. The highest BCUT2D eigenvalue weighted by molar-refractivity contribution is 7.15. The van der Waals surface area contributed by atoms with Gasteiger partial charge in [0.15, 0.2) is 0 Å². The van der Waals surface area contributed by atoms with Gasteiger partial charge in [-0.1, -0.05) is 29.8 Å². The van der Waals surface area contributed by atoms with Crippen LogP contribution in [-0.2, 0) is 0 Å². The van der Waals surface area contributed by atoms with Gasteiger partial charge in [0.05, 0.1) is 9.88 Å². The summed E-state index contributed by atoms with van der Waals surface area (Å²) in [4.78, 5) is 20.6. The van der Waals surface area contributed by atoms with Crippen molar-refractivity contribution in [3.8, 4) is 10.4 Å². The molecular weight excluding hydrogens is 306 g/mol. The Balaban J connectivity index is 1.70. The number of nitrogens with two attached hydrogens (primary N) is 1. The van der Waals surface area contributed by atoms with Crippen LogP contribution in [0.15, 0.2) is 24.3 Å². The molecule has 2 heterocycles. The predicted octanol–water partition coefficient (Wildman–Crippen LogP) is 2.85. The van der Waals surface area contributed by atoms with Crippen LogP contribution in [0.4, 0.5) is 0 Å². The molecule has 120 valence electrons. The number of nitrogens with zero attached hydrogens (tertiary/aromatic N) is 2. The molecule has 2 N–H and O–H groups in total. The Morgan fingerprint density at radius 3 is 3.00 bits per heavy atom. The maximum absolute atomic E-state index is 13.1. The Hall–Kier alpha value is -1.72. The van der Waals surface area contributed by atoms with E-state index in [9.17, 15) is 4.79 Å². The number of thiazole rings is 1. The van der Waals surface area contributed by atoms with Crippen molar-refractivity contribution in [3.63, 3.8) is 0 Å². The molecular formula is C18H21N3OS. The minimum Gasteiger partial charge on any atom is -0.332 e. The van der Waals surface area contributed by atoms with E-state index in [2.05, 4.69) is 30.1 Å². The molecule has 0 radical (unpaired) electrons. The zero-order chi connectivity index (χ0) is 16.1. The molecule has 1 saturated heterocycles. The second-order valence-corrected chi connectivity index (χ2v) is 7.90. The van der Waals surface area contributed by atoms with Gasteiger partial charge in [-0.2, -0.15) is 0 Å². The van der Waals surface area contributed by atoms with Crippen molar-refractivity contribution in [3.05, 3.63) is 40.5 Å². The van der Waals surface area contributed by atoms with Gasteiger partial charge in [0.1, 0.15) is 5.69 Å². The topological polar surface area (TPSA) is 59.2 Å². The van der Waals surface area contributed by atoms with Gasteiger partial charge in [-0.05, 0) is 37.7 Å². The second-order valence-electron chi connectivity index (χ2n) is 6.70. The summed E-state index contributed by atoms with van der Waals surface area (Å²) in [5.74, 6) is 1.33. The molecule has 1 saturated carbocycles. The molecule has 2 aromatic rings. The van der Waals surface area contributed by atoms with E-state index in [1.807, 2.05) is 17.9 Å². The molecule has 4 nitrogen and oxygen atoms in total. The Morgan fingerprint density at radius 2 is 2.26 bits per heavy atom. The first-order chi connectivity index (χ1) is 11.1. The third-order valence-electron chi connectivity index (χ3n) is 5.02. The van der Waals surface area contributed by atoms with Crippen molar-refractivity contribution in [2.75, 3.05) is 13.1 Å². The van der Waals surface area contributed by atoms with Crippen LogP contribution in [0.2, 0.25) is 0 Å². The van der Waals surface area contributed by atoms with Crippen LogP contribution in [0.3, 0.4) is 0 Å². The fraction of sp³-hybridized carbons (Fsp3) is 0.444. The van der Waals surface area contributed by atoms with Gasteiger partial charge in [0, 0.05) is 19.1 Å². The molecule has 4 rings (SSSR count). The van der Waals surface area contributed by atoms with E-state index in [0.717, 1.165) is 22.0 Å². The SMILES string of the molecule is Cc1cccc(-c2sc(C)nc2C(=O)N2C[C@@H]3C[C@H]3[C@@H]2CN)c1. The lowest BCUT2D eigenvalue weighted by Crippen LogP contribution is -2.43. The number of rotatable bonds is 3. The van der Waals surface area contributed by atoms with E-state index in [-0.39, 0.29) is 11.9 Å². The quantitative estimate of drug-likeness (QED) is 0.943. The minimum atomic E-state index is 0.0495. The first-order valence-electron chi connectivity index (χ1n) is 8.14. The average Bonchev–Trinajstić information content (AvgIpc) is 3.03. The van der Waals surface area contributed by atoms with Gasteiger partial charge in [-0.25, -0.2) is 4.98 Å². The summed E-state index contributed by atoms with van der Waals surface area (Å²) in [6.45, 7) is 5.42. The molecule has 0 unspecified atom stereocenters. The van der Waals surface area contributed by atoms with E-state index in [4.69, 9.17) is 5.73 Å². The fourth-order valence-electron chi connectivity index (χ4n) is 3.80. The van der Waals surface area contributed by atoms with Crippen molar-refractivity contribution in [1.82, 2.24) is 9.88 Å². The second kappa shape index (κ2) is 5.42. The van der Waals surface area contributed by atoms with Crippen LogP contribution in [0.25, 0.3) is 10.4 Å². The fourth-order valence-corrected chi connectivity index (χ4v) is 4.70. The molecule has 3 atom stereocenters. The van der Waals surface area contributed by atoms with E-state index >= 15 is 0 Å². The van der Waals surface area contributed by atoms with Crippen LogP contribution < -0.4 is 5.73 Å². The molecule has 5 heteroatoms. The van der Waals surface area contributed by atoms with E-state index in [1.54, 1.807) is 11.3 Å². The summed E-state index contributed by atoms with van der Waals surface area (Å²) in [7, 11) is 0. The maximum Gasteiger partial charge on any atom is 0.274 e. The number of piperidine rings is 1. The Kier molecular flexibility index (Phi) is 3.50. The Labute approximate surface area is 140 Å². The van der Waals surface area contributed by atoms with E-state index < -0.39 is 0 Å². The van der Waals surface area contributed by atoms with Crippen molar-refractivity contribution >= 4 is 17.2 Å². The highest BCUT2D eigenvalue weighted by Gasteiger charge is 2.53. The number of hydrogen-bond acceptors (Lipinski definition) is 4. The van der Waals surface area contributed by atoms with E-state index in [1.165, 1.54) is 12.0 Å². The lowest BCUT2D eigenvalue weighted by molar-refractivity contribution is 0.0708. The normalized spacial score (nSPS) is 25.5. The number of carbonyl (C=O) groups is 1. The number of likely N-dealkylation sites (tertiary alicyclic amines) is 1. The molecule has 2 aliphatic rings. The summed E-state index contributed by atoms with van der Waals surface area (Å²) < 4.78 is 0. The molecule has 1 aromatic heterocycles. The Morgan fingerprint density at radius 1 is 1.43 bits per heavy atom. The minimum absolute atomic E-state index is 0.0495. The van der Waals surface area contributed by atoms with Gasteiger partial charge < -0.3 is 10.6 Å². The first-order valence-corrected chi connectivity index (χ1v) is 8.95. The number of carbonyl (C=O) groups excluding carboxylic acids is 1. The molecule has 2 fully saturated rings. The van der Waals surface area contributed by atoms with Crippen LogP contribution in [0, 0.1) is 25.7 Å². The number of benzene rings is 1. The van der Waals surface area contributed by atoms with Crippen molar-refractivity contribution in [2.45, 2.75) is 26.3 Å². The monoisotopic (exact) mass is 327 g/mol. The lowest BCUT2D eigenvalue weighted by Gasteiger charge is -2.26. The predicted molar refractivity (Wildman–Crippen MR) is 92.5 cm³/mol. The third kappa shape index (κ3) is 2.48. The summed E-state index contributed by atoms with van der Waals surface area (Å²) in [6, 6.07) is 8.46. The number of aromatic nitrogens is 1. The number of aryl methyl sites for hydroxylation is 2. The molecule has 1 amide bonds. The lowest BCUT2D eigenvalue weighted by atomic mass is 10.1. The standard InChI is InChI=1S/C18H21N3OS/c1-10-4-3-5-12(6-10)17-16(20-11(2)23-17)18(22)21-9-13-7-14(13)15(21)8-19/h3-6,13-15H,7-9,19H2,1-2H3/t13-,14+,15-/m0/s1. The maximum atomic E-state index is 13.1. The Bertz CT molecular complexity index is 769. The van der Waals surface area contributed by atoms with Crippen LogP contribution in [0.5, 0.6) is 0 Å². The molecule has 23 heavy (non-hydrogen) atoms. The summed E-state index contributed by atoms with van der Waals surface area (Å²) in [6.07, 6.45) is 1.23. The smallest absolute Gasteiger partial charge is 0.274 e. The zero-order valence-corrected chi connectivity index (χ0v) is 14.3. The number of fused-ring (bicyclic) bond motifs is 1. The zero-order valence-electron chi connectivity index (χ0n) is 13.5. The highest BCUT2D eigenvalue weighted by atomic mass is 32.1. The molecule has 0 bridgehead atoms. The van der Waals surface area contributed by atoms with Crippen LogP contribution >= 0.6 is 11.3 Å². The van der Waals surface area contributed by atoms with Crippen molar-refractivity contribution in [1.29, 1.82) is 0 Å². The highest BCUT2D eigenvalue weighted by Crippen LogP contribution is 2.49. The molecule has 1 aliphatic carbocycles. The number of amides is 1. The molecule has 1 aromatic carbocycles. The van der Waals surface area contributed by atoms with Gasteiger partial charge in [0.25, 0.3) is 5.91 Å². The van der Waals surface area contributed by atoms with Crippen LogP contribution in [-0.4, -0.2) is 34.9 Å². The van der Waals surface area contributed by atoms with Gasteiger partial charge in [-0.3, -0.25) is 4.79 Å². The summed E-state index contributed by atoms with van der Waals surface area (Å²) in [5, 5.41) is 0.929.